The molecule has 0 fully saturated rings. The molecule has 0 aromatic carbocycles. The molecule has 0 aliphatic rings. The second kappa shape index (κ2) is 6.73. The molecule has 0 saturated heterocycles. The van der Waals surface area contributed by atoms with Gasteiger partial charge in [0, 0.05) is 18.4 Å². The van der Waals surface area contributed by atoms with Crippen LogP contribution in [0.5, 0.6) is 0 Å². The number of carbonyl (C=O) groups excluding carboxylic acids is 1. The fraction of sp³-hybridized carbons (Fsp3) is 0.308. The number of nitrogens with zero attached hydrogens (tertiary/aromatic N) is 2. The first-order valence-corrected chi connectivity index (χ1v) is 7.15. The van der Waals surface area contributed by atoms with Gasteiger partial charge in [-0.2, -0.15) is 13.2 Å². The molecular formula is C13H13F3N4OS. The lowest BCUT2D eigenvalue weighted by Crippen LogP contribution is -2.37. The van der Waals surface area contributed by atoms with Crippen molar-refractivity contribution < 1.29 is 18.0 Å². The Labute approximate surface area is 128 Å². The second-order valence-corrected chi connectivity index (χ2v) is 5.62. The van der Waals surface area contributed by atoms with E-state index in [9.17, 15) is 18.0 Å². The monoisotopic (exact) mass is 330 g/mol. The van der Waals surface area contributed by atoms with E-state index < -0.39 is 17.1 Å². The maximum Gasteiger partial charge on any atom is 0.427 e. The Bertz CT molecular complexity index is 630. The van der Waals surface area contributed by atoms with Gasteiger partial charge in [-0.3, -0.25) is 10.3 Å². The number of anilines is 1. The molecule has 0 bridgehead atoms. The fourth-order valence-corrected chi connectivity index (χ4v) is 2.42. The van der Waals surface area contributed by atoms with Crippen molar-refractivity contribution in [3.05, 3.63) is 41.2 Å². The van der Waals surface area contributed by atoms with Crippen molar-refractivity contribution in [2.45, 2.75) is 25.6 Å². The van der Waals surface area contributed by atoms with Crippen LogP contribution >= 0.6 is 11.3 Å². The summed E-state index contributed by atoms with van der Waals surface area (Å²) in [5.41, 5.74) is 0.948. The molecule has 2 rings (SSSR count). The number of alkyl halides is 3. The van der Waals surface area contributed by atoms with Crippen LogP contribution in [0.1, 0.15) is 17.4 Å². The van der Waals surface area contributed by atoms with Gasteiger partial charge in [-0.15, -0.1) is 0 Å². The van der Waals surface area contributed by atoms with E-state index in [4.69, 9.17) is 0 Å². The van der Waals surface area contributed by atoms with Crippen LogP contribution in [0.25, 0.3) is 0 Å². The number of rotatable bonds is 4. The molecule has 118 valence electrons. The Morgan fingerprint density at radius 2 is 2.18 bits per heavy atom. The SMILES string of the molecule is CC(Cc1cccnc1)NC(=O)Nc1ncc(C(F)(F)F)s1. The van der Waals surface area contributed by atoms with Crippen molar-refractivity contribution >= 4 is 22.5 Å². The van der Waals surface area contributed by atoms with Crippen molar-refractivity contribution in [2.75, 3.05) is 5.32 Å². The van der Waals surface area contributed by atoms with Gasteiger partial charge in [-0.05, 0) is 25.0 Å². The standard InChI is InChI=1S/C13H13F3N4OS/c1-8(5-9-3-2-4-17-6-9)19-11(21)20-12-18-7-10(22-12)13(14,15)16/h2-4,6-8H,5H2,1H3,(H2,18,19,20,21). The highest BCUT2D eigenvalue weighted by atomic mass is 32.1. The van der Waals surface area contributed by atoms with Crippen LogP contribution < -0.4 is 10.6 Å². The lowest BCUT2D eigenvalue weighted by molar-refractivity contribution is -0.134. The summed E-state index contributed by atoms with van der Waals surface area (Å²) in [6, 6.07) is 2.86. The highest BCUT2D eigenvalue weighted by molar-refractivity contribution is 7.15. The smallest absolute Gasteiger partial charge is 0.335 e. The molecule has 1 atom stereocenters. The van der Waals surface area contributed by atoms with E-state index in [1.807, 2.05) is 6.07 Å². The molecule has 9 heteroatoms. The predicted octanol–water partition coefficient (Wildman–Crippen LogP) is 3.31. The normalized spacial score (nSPS) is 12.7. The summed E-state index contributed by atoms with van der Waals surface area (Å²) < 4.78 is 37.3. The van der Waals surface area contributed by atoms with Crippen LogP contribution in [-0.2, 0) is 12.6 Å². The Morgan fingerprint density at radius 1 is 1.41 bits per heavy atom. The van der Waals surface area contributed by atoms with E-state index in [2.05, 4.69) is 20.6 Å². The van der Waals surface area contributed by atoms with Crippen LogP contribution in [0.2, 0.25) is 0 Å². The number of nitrogens with one attached hydrogen (secondary N) is 2. The summed E-state index contributed by atoms with van der Waals surface area (Å²) >= 11 is 0.381. The van der Waals surface area contributed by atoms with Gasteiger partial charge in [-0.1, -0.05) is 17.4 Å². The molecule has 0 spiro atoms. The van der Waals surface area contributed by atoms with Gasteiger partial charge in [0.1, 0.15) is 4.88 Å². The first-order valence-electron chi connectivity index (χ1n) is 6.34. The molecule has 0 radical (unpaired) electrons. The second-order valence-electron chi connectivity index (χ2n) is 4.59. The van der Waals surface area contributed by atoms with Crippen LogP contribution in [-0.4, -0.2) is 22.0 Å². The summed E-state index contributed by atoms with van der Waals surface area (Å²) in [5.74, 6) is 0. The largest absolute Gasteiger partial charge is 0.427 e. The predicted molar refractivity (Wildman–Crippen MR) is 76.7 cm³/mol. The van der Waals surface area contributed by atoms with Crippen molar-refractivity contribution in [1.82, 2.24) is 15.3 Å². The van der Waals surface area contributed by atoms with Gasteiger partial charge in [0.15, 0.2) is 5.13 Å². The fourth-order valence-electron chi connectivity index (χ4n) is 1.74. The van der Waals surface area contributed by atoms with E-state index in [1.165, 1.54) is 0 Å². The Hall–Kier alpha value is -2.16. The summed E-state index contributed by atoms with van der Waals surface area (Å²) in [6.07, 6.45) is 0.134. The summed E-state index contributed by atoms with van der Waals surface area (Å²) in [4.78, 5) is 18.4. The van der Waals surface area contributed by atoms with E-state index in [-0.39, 0.29) is 11.2 Å². The van der Waals surface area contributed by atoms with Crippen molar-refractivity contribution in [1.29, 1.82) is 0 Å². The van der Waals surface area contributed by atoms with E-state index in [0.717, 1.165) is 5.56 Å². The van der Waals surface area contributed by atoms with Gasteiger partial charge < -0.3 is 5.32 Å². The molecule has 2 aromatic heterocycles. The number of carbonyl (C=O) groups is 1. The van der Waals surface area contributed by atoms with E-state index >= 15 is 0 Å². The Morgan fingerprint density at radius 3 is 2.77 bits per heavy atom. The number of hydrogen-bond donors (Lipinski definition) is 2. The maximum absolute atomic E-state index is 12.4. The summed E-state index contributed by atoms with van der Waals surface area (Å²) in [5, 5.41) is 4.83. The molecule has 2 heterocycles. The van der Waals surface area contributed by atoms with E-state index in [1.54, 1.807) is 25.4 Å². The zero-order chi connectivity index (χ0) is 16.2. The number of amides is 2. The van der Waals surface area contributed by atoms with Crippen LogP contribution in [0.15, 0.2) is 30.7 Å². The molecule has 0 saturated carbocycles. The quantitative estimate of drug-likeness (QED) is 0.904. The summed E-state index contributed by atoms with van der Waals surface area (Å²) in [7, 11) is 0. The zero-order valence-electron chi connectivity index (χ0n) is 11.5. The minimum absolute atomic E-state index is 0.0987. The number of aromatic nitrogens is 2. The molecule has 5 nitrogen and oxygen atoms in total. The molecule has 1 unspecified atom stereocenters. The number of halogens is 3. The van der Waals surface area contributed by atoms with Crippen LogP contribution in [0, 0.1) is 0 Å². The van der Waals surface area contributed by atoms with Crippen molar-refractivity contribution in [3.8, 4) is 0 Å². The number of hydrogen-bond acceptors (Lipinski definition) is 4. The minimum atomic E-state index is -4.46. The third kappa shape index (κ3) is 4.69. The van der Waals surface area contributed by atoms with Gasteiger partial charge in [0.25, 0.3) is 0 Å². The third-order valence-electron chi connectivity index (χ3n) is 2.65. The maximum atomic E-state index is 12.4. The van der Waals surface area contributed by atoms with Gasteiger partial charge >= 0.3 is 12.2 Å². The minimum Gasteiger partial charge on any atom is -0.335 e. The highest BCUT2D eigenvalue weighted by Crippen LogP contribution is 2.34. The number of thiazole rings is 1. The van der Waals surface area contributed by atoms with Crippen molar-refractivity contribution in [2.24, 2.45) is 0 Å². The van der Waals surface area contributed by atoms with Gasteiger partial charge in [0.2, 0.25) is 0 Å². The molecule has 0 aliphatic heterocycles. The van der Waals surface area contributed by atoms with Gasteiger partial charge in [-0.25, -0.2) is 9.78 Å². The lowest BCUT2D eigenvalue weighted by atomic mass is 10.1. The van der Waals surface area contributed by atoms with Crippen molar-refractivity contribution in [3.63, 3.8) is 0 Å². The molecule has 2 amide bonds. The molecule has 2 N–H and O–H groups in total. The topological polar surface area (TPSA) is 66.9 Å². The first-order chi connectivity index (χ1) is 10.3. The third-order valence-corrected chi connectivity index (χ3v) is 3.61. The molecule has 22 heavy (non-hydrogen) atoms. The summed E-state index contributed by atoms with van der Waals surface area (Å²) in [6.45, 7) is 1.79. The van der Waals surface area contributed by atoms with E-state index in [0.29, 0.717) is 24.0 Å². The molecular weight excluding hydrogens is 317 g/mol. The Balaban J connectivity index is 1.86. The lowest BCUT2D eigenvalue weighted by Gasteiger charge is -2.13. The highest BCUT2D eigenvalue weighted by Gasteiger charge is 2.33. The number of urea groups is 1. The first kappa shape index (κ1) is 16.2. The zero-order valence-corrected chi connectivity index (χ0v) is 12.3. The van der Waals surface area contributed by atoms with Gasteiger partial charge in [0.05, 0.1) is 6.20 Å². The van der Waals surface area contributed by atoms with Crippen LogP contribution in [0.3, 0.4) is 0 Å². The Kier molecular flexibility index (Phi) is 4.96. The average molecular weight is 330 g/mol. The molecule has 0 aliphatic carbocycles. The molecule has 2 aromatic rings. The van der Waals surface area contributed by atoms with Crippen LogP contribution in [0.4, 0.5) is 23.1 Å². The average Bonchev–Trinajstić information content (AvgIpc) is 2.87. The number of pyridine rings is 1.